The molecule has 0 radical (unpaired) electrons. The fourth-order valence-corrected chi connectivity index (χ4v) is 1.78. The van der Waals surface area contributed by atoms with Gasteiger partial charge in [0.2, 0.25) is 0 Å². The monoisotopic (exact) mass is 263 g/mol. The molecule has 0 fully saturated rings. The molecule has 2 aromatic carbocycles. The number of alkyl halides is 2. The molecule has 0 aliphatic rings. The zero-order chi connectivity index (χ0) is 13.5. The summed E-state index contributed by atoms with van der Waals surface area (Å²) in [6.07, 6.45) is 0.876. The van der Waals surface area contributed by atoms with Crippen molar-refractivity contribution in [1.29, 1.82) is 0 Å². The lowest BCUT2D eigenvalue weighted by Crippen LogP contribution is -2.06. The fraction of sp³-hybridized carbons (Fsp3) is 0.200. The molecule has 0 aliphatic heterocycles. The van der Waals surface area contributed by atoms with Gasteiger partial charge in [-0.05, 0) is 24.1 Å². The predicted octanol–water partition coefficient (Wildman–Crippen LogP) is 3.94. The number of anilines is 1. The number of benzene rings is 2. The molecule has 0 atom stereocenters. The summed E-state index contributed by atoms with van der Waals surface area (Å²) in [5.41, 5.74) is 2.00. The number of hydrogen-bond acceptors (Lipinski definition) is 2. The van der Waals surface area contributed by atoms with Gasteiger partial charge in [-0.15, -0.1) is 0 Å². The summed E-state index contributed by atoms with van der Waals surface area (Å²) in [5, 5.41) is 3.18. The SMILES string of the molecule is FC(F)Oc1cccc(NCCc2ccccc2)c1. The molecule has 0 aliphatic carbocycles. The average Bonchev–Trinajstić information content (AvgIpc) is 2.40. The van der Waals surface area contributed by atoms with Gasteiger partial charge >= 0.3 is 6.61 Å². The second kappa shape index (κ2) is 6.73. The van der Waals surface area contributed by atoms with E-state index in [2.05, 4.69) is 22.2 Å². The van der Waals surface area contributed by atoms with Crippen molar-refractivity contribution >= 4 is 5.69 Å². The molecule has 100 valence electrons. The lowest BCUT2D eigenvalue weighted by molar-refractivity contribution is -0.0498. The van der Waals surface area contributed by atoms with Gasteiger partial charge in [0.15, 0.2) is 0 Å². The Kier molecular flexibility index (Phi) is 4.72. The van der Waals surface area contributed by atoms with Crippen LogP contribution in [-0.4, -0.2) is 13.2 Å². The van der Waals surface area contributed by atoms with Gasteiger partial charge in [0.1, 0.15) is 5.75 Å². The van der Waals surface area contributed by atoms with Crippen LogP contribution in [0.25, 0.3) is 0 Å². The Hall–Kier alpha value is -2.10. The van der Waals surface area contributed by atoms with Gasteiger partial charge in [0, 0.05) is 18.3 Å². The third-order valence-electron chi connectivity index (χ3n) is 2.64. The van der Waals surface area contributed by atoms with Crippen molar-refractivity contribution in [2.75, 3.05) is 11.9 Å². The first kappa shape index (κ1) is 13.3. The second-order valence-corrected chi connectivity index (χ2v) is 4.07. The first-order chi connectivity index (χ1) is 9.24. The molecule has 0 spiro atoms. The van der Waals surface area contributed by atoms with E-state index in [9.17, 15) is 8.78 Å². The van der Waals surface area contributed by atoms with Crippen LogP contribution >= 0.6 is 0 Å². The quantitative estimate of drug-likeness (QED) is 0.852. The number of nitrogens with one attached hydrogen (secondary N) is 1. The van der Waals surface area contributed by atoms with E-state index < -0.39 is 6.61 Å². The molecule has 0 saturated carbocycles. The van der Waals surface area contributed by atoms with Crippen LogP contribution in [0.4, 0.5) is 14.5 Å². The molecule has 0 bridgehead atoms. The lowest BCUT2D eigenvalue weighted by atomic mass is 10.1. The molecule has 1 N–H and O–H groups in total. The van der Waals surface area contributed by atoms with Gasteiger partial charge in [-0.1, -0.05) is 36.4 Å². The maximum Gasteiger partial charge on any atom is 0.387 e. The highest BCUT2D eigenvalue weighted by molar-refractivity contribution is 5.48. The van der Waals surface area contributed by atoms with Crippen molar-refractivity contribution in [2.45, 2.75) is 13.0 Å². The second-order valence-electron chi connectivity index (χ2n) is 4.07. The molecule has 0 heterocycles. The van der Waals surface area contributed by atoms with E-state index in [-0.39, 0.29) is 5.75 Å². The van der Waals surface area contributed by atoms with Gasteiger partial charge in [-0.2, -0.15) is 8.78 Å². The molecule has 0 amide bonds. The highest BCUT2D eigenvalue weighted by Gasteiger charge is 2.04. The summed E-state index contributed by atoms with van der Waals surface area (Å²) in [6.45, 7) is -2.05. The summed E-state index contributed by atoms with van der Waals surface area (Å²) in [6, 6.07) is 16.6. The minimum absolute atomic E-state index is 0.166. The summed E-state index contributed by atoms with van der Waals surface area (Å²) in [5.74, 6) is 0.166. The van der Waals surface area contributed by atoms with Gasteiger partial charge in [0.05, 0.1) is 0 Å². The van der Waals surface area contributed by atoms with Crippen LogP contribution < -0.4 is 10.1 Å². The standard InChI is InChI=1S/C15H15F2NO/c16-15(17)19-14-8-4-7-13(11-14)18-10-9-12-5-2-1-3-6-12/h1-8,11,15,18H,9-10H2. The van der Waals surface area contributed by atoms with E-state index in [1.807, 2.05) is 24.3 Å². The molecule has 4 heteroatoms. The maximum absolute atomic E-state index is 12.1. The average molecular weight is 263 g/mol. The van der Waals surface area contributed by atoms with Crippen molar-refractivity contribution in [2.24, 2.45) is 0 Å². The zero-order valence-corrected chi connectivity index (χ0v) is 10.4. The third kappa shape index (κ3) is 4.58. The van der Waals surface area contributed by atoms with Crippen LogP contribution in [0.2, 0.25) is 0 Å². The van der Waals surface area contributed by atoms with Crippen LogP contribution in [0.3, 0.4) is 0 Å². The Morgan fingerprint density at radius 3 is 2.53 bits per heavy atom. The Labute approximate surface area is 111 Å². The van der Waals surface area contributed by atoms with E-state index in [4.69, 9.17) is 0 Å². The first-order valence-electron chi connectivity index (χ1n) is 6.07. The van der Waals surface area contributed by atoms with Crippen LogP contribution in [0, 0.1) is 0 Å². The number of ether oxygens (including phenoxy) is 1. The fourth-order valence-electron chi connectivity index (χ4n) is 1.78. The summed E-state index contributed by atoms with van der Waals surface area (Å²) in [4.78, 5) is 0. The number of hydrogen-bond donors (Lipinski definition) is 1. The van der Waals surface area contributed by atoms with Gasteiger partial charge in [0.25, 0.3) is 0 Å². The van der Waals surface area contributed by atoms with E-state index in [1.54, 1.807) is 12.1 Å². The number of halogens is 2. The lowest BCUT2D eigenvalue weighted by Gasteiger charge is -2.09. The molecule has 0 unspecified atom stereocenters. The summed E-state index contributed by atoms with van der Waals surface area (Å²) >= 11 is 0. The first-order valence-corrected chi connectivity index (χ1v) is 6.07. The topological polar surface area (TPSA) is 21.3 Å². The van der Waals surface area contributed by atoms with Crippen molar-refractivity contribution in [3.8, 4) is 5.75 Å². The van der Waals surface area contributed by atoms with Crippen molar-refractivity contribution < 1.29 is 13.5 Å². The van der Waals surface area contributed by atoms with Gasteiger partial charge < -0.3 is 10.1 Å². The Morgan fingerprint density at radius 2 is 1.79 bits per heavy atom. The minimum atomic E-state index is -2.79. The largest absolute Gasteiger partial charge is 0.435 e. The molecule has 19 heavy (non-hydrogen) atoms. The van der Waals surface area contributed by atoms with Crippen LogP contribution in [0.15, 0.2) is 54.6 Å². The van der Waals surface area contributed by atoms with Crippen LogP contribution in [0.5, 0.6) is 5.75 Å². The van der Waals surface area contributed by atoms with E-state index in [1.165, 1.54) is 11.6 Å². The van der Waals surface area contributed by atoms with Crippen LogP contribution in [-0.2, 0) is 6.42 Å². The Morgan fingerprint density at radius 1 is 1.00 bits per heavy atom. The minimum Gasteiger partial charge on any atom is -0.435 e. The predicted molar refractivity (Wildman–Crippen MR) is 71.7 cm³/mol. The molecule has 2 aromatic rings. The third-order valence-corrected chi connectivity index (χ3v) is 2.64. The Balaban J connectivity index is 1.86. The smallest absolute Gasteiger partial charge is 0.387 e. The molecule has 2 nitrogen and oxygen atoms in total. The summed E-state index contributed by atoms with van der Waals surface area (Å²) in [7, 11) is 0. The molecule has 0 saturated heterocycles. The molecule has 0 aromatic heterocycles. The normalized spacial score (nSPS) is 10.5. The summed E-state index contributed by atoms with van der Waals surface area (Å²) < 4.78 is 28.5. The van der Waals surface area contributed by atoms with Gasteiger partial charge in [-0.25, -0.2) is 0 Å². The van der Waals surface area contributed by atoms with E-state index >= 15 is 0 Å². The zero-order valence-electron chi connectivity index (χ0n) is 10.4. The van der Waals surface area contributed by atoms with E-state index in [0.717, 1.165) is 18.7 Å². The van der Waals surface area contributed by atoms with Crippen molar-refractivity contribution in [3.63, 3.8) is 0 Å². The maximum atomic E-state index is 12.1. The van der Waals surface area contributed by atoms with Gasteiger partial charge in [-0.3, -0.25) is 0 Å². The van der Waals surface area contributed by atoms with E-state index in [0.29, 0.717) is 0 Å². The highest BCUT2D eigenvalue weighted by atomic mass is 19.3. The number of rotatable bonds is 6. The van der Waals surface area contributed by atoms with Crippen LogP contribution in [0.1, 0.15) is 5.56 Å². The van der Waals surface area contributed by atoms with Crippen molar-refractivity contribution in [1.82, 2.24) is 0 Å². The highest BCUT2D eigenvalue weighted by Crippen LogP contribution is 2.19. The molecular weight excluding hydrogens is 248 g/mol. The molecule has 2 rings (SSSR count). The Bertz CT molecular complexity index is 503. The van der Waals surface area contributed by atoms with Crippen molar-refractivity contribution in [3.05, 3.63) is 60.2 Å². The molecular formula is C15H15F2NO.